The first-order valence-corrected chi connectivity index (χ1v) is 8.12. The predicted molar refractivity (Wildman–Crippen MR) is 81.9 cm³/mol. The molecule has 3 N–H and O–H groups in total. The van der Waals surface area contributed by atoms with Crippen LogP contribution in [0.2, 0.25) is 0 Å². The summed E-state index contributed by atoms with van der Waals surface area (Å²) >= 11 is 5.12. The second kappa shape index (κ2) is 6.21. The number of amides is 1. The van der Waals surface area contributed by atoms with Crippen molar-refractivity contribution in [3.8, 4) is 0 Å². The highest BCUT2D eigenvalue weighted by Gasteiger charge is 2.47. The van der Waals surface area contributed by atoms with E-state index in [2.05, 4.69) is 12.2 Å². The summed E-state index contributed by atoms with van der Waals surface area (Å²) in [5.74, 6) is 0.731. The van der Waals surface area contributed by atoms with Gasteiger partial charge in [0.1, 0.15) is 0 Å². The molecule has 2 fully saturated rings. The van der Waals surface area contributed by atoms with Gasteiger partial charge < -0.3 is 11.1 Å². The molecule has 0 bridgehead atoms. The van der Waals surface area contributed by atoms with Crippen LogP contribution >= 0.6 is 12.2 Å². The van der Waals surface area contributed by atoms with E-state index in [0.29, 0.717) is 16.9 Å². The monoisotopic (exact) mass is 282 g/mol. The summed E-state index contributed by atoms with van der Waals surface area (Å²) in [4.78, 5) is 12.9. The SMILES string of the molecule is CCC(NC(=O)C1(C(N)=S)CCC1)C1CCCCC1. The minimum atomic E-state index is -0.530. The zero-order valence-electron chi connectivity index (χ0n) is 11.9. The summed E-state index contributed by atoms with van der Waals surface area (Å²) in [6.07, 6.45) is 10.2. The molecule has 0 radical (unpaired) electrons. The molecule has 2 aliphatic rings. The van der Waals surface area contributed by atoms with Gasteiger partial charge >= 0.3 is 0 Å². The van der Waals surface area contributed by atoms with Crippen LogP contribution in [0.4, 0.5) is 0 Å². The van der Waals surface area contributed by atoms with Crippen LogP contribution < -0.4 is 11.1 Å². The van der Waals surface area contributed by atoms with Gasteiger partial charge in [0.25, 0.3) is 0 Å². The van der Waals surface area contributed by atoms with E-state index in [0.717, 1.165) is 25.7 Å². The molecule has 3 nitrogen and oxygen atoms in total. The highest BCUT2D eigenvalue weighted by atomic mass is 32.1. The van der Waals surface area contributed by atoms with Crippen LogP contribution in [0.25, 0.3) is 0 Å². The normalized spacial score (nSPS) is 24.3. The van der Waals surface area contributed by atoms with E-state index in [4.69, 9.17) is 18.0 Å². The standard InChI is InChI=1S/C15H26N2OS/c1-2-12(11-7-4-3-5-8-11)17-14(18)15(13(16)19)9-6-10-15/h11-12H,2-10H2,1H3,(H2,16,19)(H,17,18). The second-order valence-electron chi connectivity index (χ2n) is 6.19. The van der Waals surface area contributed by atoms with Crippen molar-refractivity contribution in [2.24, 2.45) is 17.1 Å². The molecule has 0 aromatic carbocycles. The zero-order chi connectivity index (χ0) is 13.9. The van der Waals surface area contributed by atoms with Gasteiger partial charge in [0.15, 0.2) is 0 Å². The lowest BCUT2D eigenvalue weighted by molar-refractivity contribution is -0.132. The molecule has 0 aromatic heterocycles. The molecular weight excluding hydrogens is 256 g/mol. The molecule has 0 heterocycles. The third kappa shape index (κ3) is 2.93. The Hall–Kier alpha value is -0.640. The Morgan fingerprint density at radius 3 is 2.37 bits per heavy atom. The summed E-state index contributed by atoms with van der Waals surface area (Å²) in [6.45, 7) is 2.16. The Bertz CT molecular complexity index is 346. The van der Waals surface area contributed by atoms with Crippen LogP contribution in [0.3, 0.4) is 0 Å². The quantitative estimate of drug-likeness (QED) is 0.762. The fraction of sp³-hybridized carbons (Fsp3) is 0.867. The van der Waals surface area contributed by atoms with Crippen molar-refractivity contribution < 1.29 is 4.79 Å². The maximum Gasteiger partial charge on any atom is 0.233 e. The number of rotatable bonds is 5. The molecule has 0 aliphatic heterocycles. The third-order valence-electron chi connectivity index (χ3n) is 5.09. The molecule has 0 aromatic rings. The lowest BCUT2D eigenvalue weighted by atomic mass is 9.67. The van der Waals surface area contributed by atoms with E-state index in [1.807, 2.05) is 0 Å². The lowest BCUT2D eigenvalue weighted by Crippen LogP contribution is -2.56. The Morgan fingerprint density at radius 2 is 1.95 bits per heavy atom. The number of carbonyl (C=O) groups is 1. The summed E-state index contributed by atoms with van der Waals surface area (Å²) in [5, 5.41) is 3.25. The smallest absolute Gasteiger partial charge is 0.233 e. The zero-order valence-corrected chi connectivity index (χ0v) is 12.7. The predicted octanol–water partition coefficient (Wildman–Crippen LogP) is 2.92. The van der Waals surface area contributed by atoms with Crippen molar-refractivity contribution in [3.63, 3.8) is 0 Å². The number of carbonyl (C=O) groups excluding carboxylic acids is 1. The van der Waals surface area contributed by atoms with Crippen molar-refractivity contribution in [2.75, 3.05) is 0 Å². The summed E-state index contributed by atoms with van der Waals surface area (Å²) in [7, 11) is 0. The van der Waals surface area contributed by atoms with Gasteiger partial charge in [-0.25, -0.2) is 0 Å². The van der Waals surface area contributed by atoms with Gasteiger partial charge in [-0.3, -0.25) is 4.79 Å². The molecule has 2 rings (SSSR count). The summed E-state index contributed by atoms with van der Waals surface area (Å²) < 4.78 is 0. The van der Waals surface area contributed by atoms with E-state index in [1.54, 1.807) is 0 Å². The molecule has 108 valence electrons. The van der Waals surface area contributed by atoms with Gasteiger partial charge in [-0.15, -0.1) is 0 Å². The molecule has 1 atom stereocenters. The molecule has 2 aliphatic carbocycles. The Balaban J connectivity index is 1.97. The largest absolute Gasteiger partial charge is 0.392 e. The fourth-order valence-electron chi connectivity index (χ4n) is 3.51. The lowest BCUT2D eigenvalue weighted by Gasteiger charge is -2.41. The first-order chi connectivity index (χ1) is 9.10. The van der Waals surface area contributed by atoms with E-state index >= 15 is 0 Å². The summed E-state index contributed by atoms with van der Waals surface area (Å²) in [5.41, 5.74) is 5.27. The first kappa shape index (κ1) is 14.8. The maximum atomic E-state index is 12.5. The van der Waals surface area contributed by atoms with Crippen molar-refractivity contribution in [1.29, 1.82) is 0 Å². The molecule has 2 saturated carbocycles. The van der Waals surface area contributed by atoms with Crippen molar-refractivity contribution >= 4 is 23.1 Å². The number of hydrogen-bond acceptors (Lipinski definition) is 2. The van der Waals surface area contributed by atoms with E-state index in [1.165, 1.54) is 32.1 Å². The maximum absolute atomic E-state index is 12.5. The van der Waals surface area contributed by atoms with Crippen molar-refractivity contribution in [3.05, 3.63) is 0 Å². The Morgan fingerprint density at radius 1 is 1.32 bits per heavy atom. The van der Waals surface area contributed by atoms with Gasteiger partial charge in [-0.2, -0.15) is 0 Å². The van der Waals surface area contributed by atoms with Crippen LogP contribution in [-0.2, 0) is 4.79 Å². The molecule has 0 spiro atoms. The van der Waals surface area contributed by atoms with E-state index in [-0.39, 0.29) is 5.91 Å². The van der Waals surface area contributed by atoms with E-state index in [9.17, 15) is 4.79 Å². The fourth-order valence-corrected chi connectivity index (χ4v) is 3.81. The van der Waals surface area contributed by atoms with Gasteiger partial charge in [0.2, 0.25) is 5.91 Å². The average molecular weight is 282 g/mol. The van der Waals surface area contributed by atoms with E-state index < -0.39 is 5.41 Å². The number of hydrogen-bond donors (Lipinski definition) is 2. The van der Waals surface area contributed by atoms with Gasteiger partial charge in [-0.05, 0) is 38.0 Å². The van der Waals surface area contributed by atoms with Gasteiger partial charge in [0, 0.05) is 6.04 Å². The molecule has 0 saturated heterocycles. The van der Waals surface area contributed by atoms with Crippen molar-refractivity contribution in [1.82, 2.24) is 5.32 Å². The minimum Gasteiger partial charge on any atom is -0.392 e. The van der Waals surface area contributed by atoms with Crippen LogP contribution in [0, 0.1) is 11.3 Å². The molecule has 19 heavy (non-hydrogen) atoms. The molecule has 1 unspecified atom stereocenters. The molecular formula is C15H26N2OS. The number of nitrogens with two attached hydrogens (primary N) is 1. The van der Waals surface area contributed by atoms with Crippen LogP contribution in [0.1, 0.15) is 64.7 Å². The van der Waals surface area contributed by atoms with Crippen LogP contribution in [0.15, 0.2) is 0 Å². The topological polar surface area (TPSA) is 55.1 Å². The Kier molecular flexibility index (Phi) is 4.82. The molecule has 1 amide bonds. The van der Waals surface area contributed by atoms with Gasteiger partial charge in [0.05, 0.1) is 10.4 Å². The minimum absolute atomic E-state index is 0.0867. The average Bonchev–Trinajstić information content (AvgIpc) is 2.35. The van der Waals surface area contributed by atoms with Crippen LogP contribution in [-0.4, -0.2) is 16.9 Å². The van der Waals surface area contributed by atoms with Crippen LogP contribution in [0.5, 0.6) is 0 Å². The highest BCUT2D eigenvalue weighted by Crippen LogP contribution is 2.42. The number of thiocarbonyl (C=S) groups is 1. The highest BCUT2D eigenvalue weighted by molar-refractivity contribution is 7.80. The first-order valence-electron chi connectivity index (χ1n) is 7.71. The Labute approximate surface area is 121 Å². The number of nitrogens with one attached hydrogen (secondary N) is 1. The van der Waals surface area contributed by atoms with Crippen molar-refractivity contribution in [2.45, 2.75) is 70.8 Å². The molecule has 4 heteroatoms. The summed E-state index contributed by atoms with van der Waals surface area (Å²) in [6, 6.07) is 0.305. The van der Waals surface area contributed by atoms with Gasteiger partial charge in [-0.1, -0.05) is 44.8 Å². The third-order valence-corrected chi connectivity index (χ3v) is 5.48. The second-order valence-corrected chi connectivity index (χ2v) is 6.63.